The van der Waals surface area contributed by atoms with Gasteiger partial charge >= 0.3 is 6.61 Å². The molecule has 1 heterocycles. The molecule has 0 aliphatic heterocycles. The van der Waals surface area contributed by atoms with Crippen LogP contribution in [-0.4, -0.2) is 28.2 Å². The van der Waals surface area contributed by atoms with E-state index in [0.29, 0.717) is 27.1 Å². The molecular formula is C20H16ClF2N3O2S. The quantitative estimate of drug-likeness (QED) is 0.395. The van der Waals surface area contributed by atoms with Crippen LogP contribution in [0.3, 0.4) is 0 Å². The number of nitrogens with zero attached hydrogens (tertiary/aromatic N) is 2. The second kappa shape index (κ2) is 9.67. The molecule has 9 heteroatoms. The summed E-state index contributed by atoms with van der Waals surface area (Å²) in [5.41, 5.74) is 2.69. The van der Waals surface area contributed by atoms with E-state index in [4.69, 9.17) is 11.6 Å². The first-order valence-electron chi connectivity index (χ1n) is 8.48. The van der Waals surface area contributed by atoms with Crippen LogP contribution in [0.4, 0.5) is 14.5 Å². The van der Waals surface area contributed by atoms with Crippen molar-refractivity contribution in [3.8, 4) is 17.0 Å². The summed E-state index contributed by atoms with van der Waals surface area (Å²) in [6.07, 6.45) is 1.55. The van der Waals surface area contributed by atoms with E-state index in [1.165, 1.54) is 12.1 Å². The molecule has 0 spiro atoms. The number of aryl methyl sites for hydroxylation is 1. The first-order valence-corrected chi connectivity index (χ1v) is 9.84. The Labute approximate surface area is 175 Å². The summed E-state index contributed by atoms with van der Waals surface area (Å²) in [6.45, 7) is -1.03. The minimum atomic E-state index is -2.90. The molecule has 2 aromatic carbocycles. The molecule has 0 radical (unpaired) electrons. The molecule has 5 nitrogen and oxygen atoms in total. The van der Waals surface area contributed by atoms with Crippen LogP contribution < -0.4 is 10.1 Å². The fourth-order valence-electron chi connectivity index (χ4n) is 2.45. The van der Waals surface area contributed by atoms with Gasteiger partial charge in [-0.1, -0.05) is 41.6 Å². The molecular weight excluding hydrogens is 420 g/mol. The minimum Gasteiger partial charge on any atom is -0.435 e. The summed E-state index contributed by atoms with van der Waals surface area (Å²) < 4.78 is 29.2. The molecule has 0 saturated carbocycles. The largest absolute Gasteiger partial charge is 0.435 e. The Hall–Kier alpha value is -2.71. The van der Waals surface area contributed by atoms with Gasteiger partial charge in [0.25, 0.3) is 0 Å². The van der Waals surface area contributed by atoms with Crippen molar-refractivity contribution in [1.82, 2.24) is 9.97 Å². The number of ether oxygens (including phenoxy) is 1. The highest BCUT2D eigenvalue weighted by Crippen LogP contribution is 2.25. The van der Waals surface area contributed by atoms with E-state index in [0.717, 1.165) is 17.3 Å². The minimum absolute atomic E-state index is 0.0431. The number of rotatable bonds is 7. The van der Waals surface area contributed by atoms with Gasteiger partial charge in [0.05, 0.1) is 11.4 Å². The second-order valence-electron chi connectivity index (χ2n) is 5.93. The average molecular weight is 436 g/mol. The molecule has 150 valence electrons. The number of halogens is 3. The van der Waals surface area contributed by atoms with Gasteiger partial charge in [0.2, 0.25) is 5.91 Å². The summed E-state index contributed by atoms with van der Waals surface area (Å²) in [5.74, 6) is -0.0764. The number of anilines is 1. The molecule has 0 fully saturated rings. The van der Waals surface area contributed by atoms with E-state index < -0.39 is 6.61 Å². The van der Waals surface area contributed by atoms with E-state index in [-0.39, 0.29) is 17.4 Å². The Morgan fingerprint density at radius 3 is 2.86 bits per heavy atom. The van der Waals surface area contributed by atoms with Gasteiger partial charge in [0, 0.05) is 22.5 Å². The monoisotopic (exact) mass is 435 g/mol. The van der Waals surface area contributed by atoms with E-state index in [9.17, 15) is 13.6 Å². The number of carbonyl (C=O) groups excluding carboxylic acids is 1. The summed E-state index contributed by atoms with van der Waals surface area (Å²) in [5, 5.41) is 3.73. The topological polar surface area (TPSA) is 64.1 Å². The predicted octanol–water partition coefficient (Wildman–Crippen LogP) is 5.44. The van der Waals surface area contributed by atoms with Crippen LogP contribution in [0.2, 0.25) is 5.02 Å². The van der Waals surface area contributed by atoms with Gasteiger partial charge in [-0.3, -0.25) is 4.79 Å². The lowest BCUT2D eigenvalue weighted by atomic mass is 10.1. The SMILES string of the molecule is Cc1ccc(Cl)cc1NC(=O)CSc1nccc(-c2cccc(OC(F)F)c2)n1. The van der Waals surface area contributed by atoms with E-state index >= 15 is 0 Å². The van der Waals surface area contributed by atoms with Crippen molar-refractivity contribution >= 4 is 35.0 Å². The maximum Gasteiger partial charge on any atom is 0.387 e. The van der Waals surface area contributed by atoms with E-state index in [1.807, 2.05) is 13.0 Å². The van der Waals surface area contributed by atoms with Crippen molar-refractivity contribution in [2.75, 3.05) is 11.1 Å². The number of hydrogen-bond acceptors (Lipinski definition) is 5. The highest BCUT2D eigenvalue weighted by molar-refractivity contribution is 7.99. The molecule has 0 aliphatic rings. The Morgan fingerprint density at radius 2 is 2.07 bits per heavy atom. The molecule has 0 bridgehead atoms. The fraction of sp³-hybridized carbons (Fsp3) is 0.150. The first kappa shape index (κ1) is 21.0. The summed E-state index contributed by atoms with van der Waals surface area (Å²) >= 11 is 7.12. The Morgan fingerprint density at radius 1 is 1.24 bits per heavy atom. The Bertz CT molecular complexity index is 1020. The van der Waals surface area contributed by atoms with Crippen LogP contribution in [0, 0.1) is 6.92 Å². The van der Waals surface area contributed by atoms with Crippen LogP contribution in [0.5, 0.6) is 5.75 Å². The molecule has 29 heavy (non-hydrogen) atoms. The lowest BCUT2D eigenvalue weighted by Gasteiger charge is -2.09. The summed E-state index contributed by atoms with van der Waals surface area (Å²) in [7, 11) is 0. The third-order valence-corrected chi connectivity index (χ3v) is 4.89. The number of amides is 1. The zero-order valence-electron chi connectivity index (χ0n) is 15.2. The zero-order valence-corrected chi connectivity index (χ0v) is 16.8. The summed E-state index contributed by atoms with van der Waals surface area (Å²) in [4.78, 5) is 20.8. The number of hydrogen-bond donors (Lipinski definition) is 1. The van der Waals surface area contributed by atoms with Crippen molar-refractivity contribution in [2.24, 2.45) is 0 Å². The average Bonchev–Trinajstić information content (AvgIpc) is 2.69. The third-order valence-electron chi connectivity index (χ3n) is 3.79. The lowest BCUT2D eigenvalue weighted by molar-refractivity contribution is -0.113. The molecule has 0 aliphatic carbocycles. The number of alkyl halides is 2. The third kappa shape index (κ3) is 6.13. The number of thioether (sulfide) groups is 1. The molecule has 3 aromatic rings. The van der Waals surface area contributed by atoms with Crippen molar-refractivity contribution in [2.45, 2.75) is 18.7 Å². The smallest absolute Gasteiger partial charge is 0.387 e. The van der Waals surface area contributed by atoms with E-state index in [2.05, 4.69) is 20.0 Å². The molecule has 3 rings (SSSR count). The highest BCUT2D eigenvalue weighted by Gasteiger charge is 2.10. The zero-order chi connectivity index (χ0) is 20.8. The maximum atomic E-state index is 12.4. The van der Waals surface area contributed by atoms with Gasteiger partial charge in [-0.05, 0) is 42.8 Å². The standard InChI is InChI=1S/C20H16ClF2N3O2S/c1-12-5-6-14(21)10-17(12)25-18(27)11-29-20-24-8-7-16(26-20)13-3-2-4-15(9-13)28-19(22)23/h2-10,19H,11H2,1H3,(H,25,27). The number of aromatic nitrogens is 2. The van der Waals surface area contributed by atoms with Crippen molar-refractivity contribution in [3.63, 3.8) is 0 Å². The lowest BCUT2D eigenvalue weighted by Crippen LogP contribution is -2.15. The number of benzene rings is 2. The van der Waals surface area contributed by atoms with Crippen LogP contribution in [-0.2, 0) is 4.79 Å². The Balaban J connectivity index is 1.66. The van der Waals surface area contributed by atoms with Crippen LogP contribution in [0.25, 0.3) is 11.3 Å². The van der Waals surface area contributed by atoms with Crippen molar-refractivity contribution < 1.29 is 18.3 Å². The van der Waals surface area contributed by atoms with Crippen molar-refractivity contribution in [3.05, 3.63) is 65.3 Å². The van der Waals surface area contributed by atoms with Gasteiger partial charge < -0.3 is 10.1 Å². The molecule has 1 N–H and O–H groups in total. The van der Waals surface area contributed by atoms with Gasteiger partial charge in [0.1, 0.15) is 5.75 Å². The summed E-state index contributed by atoms with van der Waals surface area (Å²) in [6, 6.07) is 13.1. The van der Waals surface area contributed by atoms with E-state index in [1.54, 1.807) is 36.5 Å². The highest BCUT2D eigenvalue weighted by atomic mass is 35.5. The van der Waals surface area contributed by atoms with Crippen molar-refractivity contribution in [1.29, 1.82) is 0 Å². The van der Waals surface area contributed by atoms with Gasteiger partial charge in [0.15, 0.2) is 5.16 Å². The van der Waals surface area contributed by atoms with Crippen LogP contribution in [0.15, 0.2) is 59.9 Å². The van der Waals surface area contributed by atoms with Gasteiger partial charge in [-0.15, -0.1) is 0 Å². The fourth-order valence-corrected chi connectivity index (χ4v) is 3.25. The Kier molecular flexibility index (Phi) is 7.00. The van der Waals surface area contributed by atoms with Gasteiger partial charge in [-0.2, -0.15) is 8.78 Å². The first-order chi connectivity index (χ1) is 13.9. The van der Waals surface area contributed by atoms with Crippen LogP contribution in [0.1, 0.15) is 5.56 Å². The molecule has 0 saturated heterocycles. The molecule has 1 aromatic heterocycles. The number of nitrogens with one attached hydrogen (secondary N) is 1. The molecule has 0 unspecified atom stereocenters. The maximum absolute atomic E-state index is 12.4. The molecule has 1 amide bonds. The second-order valence-corrected chi connectivity index (χ2v) is 7.31. The molecule has 0 atom stereocenters. The normalized spacial score (nSPS) is 10.8. The van der Waals surface area contributed by atoms with Gasteiger partial charge in [-0.25, -0.2) is 9.97 Å². The number of carbonyl (C=O) groups is 1. The predicted molar refractivity (Wildman–Crippen MR) is 110 cm³/mol. The van der Waals surface area contributed by atoms with Crippen LogP contribution >= 0.6 is 23.4 Å².